The van der Waals surface area contributed by atoms with E-state index in [1.165, 1.54) is 0 Å². The van der Waals surface area contributed by atoms with E-state index in [2.05, 4.69) is 52.9 Å². The first kappa shape index (κ1) is 23.0. The van der Waals surface area contributed by atoms with Crippen LogP contribution in [0.25, 0.3) is 0 Å². The maximum absolute atomic E-state index is 11.9. The van der Waals surface area contributed by atoms with Gasteiger partial charge >= 0.3 is 0 Å². The van der Waals surface area contributed by atoms with E-state index in [9.17, 15) is 9.59 Å². The summed E-state index contributed by atoms with van der Waals surface area (Å²) in [6.07, 6.45) is 0.822. The fraction of sp³-hybridized carbons (Fsp3) is 0.238. The van der Waals surface area contributed by atoms with Crippen LogP contribution in [0, 0.1) is 0 Å². The van der Waals surface area contributed by atoms with Gasteiger partial charge in [-0.1, -0.05) is 56.1 Å². The fourth-order valence-corrected chi connectivity index (χ4v) is 3.17. The van der Waals surface area contributed by atoms with Crippen molar-refractivity contribution in [2.45, 2.75) is 33.1 Å². The summed E-state index contributed by atoms with van der Waals surface area (Å²) in [6.45, 7) is 3.64. The first-order chi connectivity index (χ1) is 13.8. The van der Waals surface area contributed by atoms with E-state index in [4.69, 9.17) is 0 Å². The Morgan fingerprint density at radius 3 is 1.59 bits per heavy atom. The van der Waals surface area contributed by atoms with Crippen molar-refractivity contribution in [2.24, 2.45) is 10.2 Å². The molecular weight excluding hydrogens is 500 g/mol. The maximum Gasteiger partial charge on any atom is 0.240 e. The molecule has 0 heterocycles. The Labute approximate surface area is 187 Å². The van der Waals surface area contributed by atoms with Gasteiger partial charge in [0.1, 0.15) is 0 Å². The molecular formula is C21H22Br2N4O2. The molecule has 0 radical (unpaired) electrons. The number of halogens is 2. The number of hydrogen-bond acceptors (Lipinski definition) is 4. The Morgan fingerprint density at radius 1 is 0.793 bits per heavy atom. The van der Waals surface area contributed by atoms with Crippen LogP contribution in [0.1, 0.15) is 44.2 Å². The summed E-state index contributed by atoms with van der Waals surface area (Å²) in [5.41, 5.74) is 8.28. The Balaban J connectivity index is 1.73. The summed E-state index contributed by atoms with van der Waals surface area (Å²) in [5, 5.41) is 8.21. The van der Waals surface area contributed by atoms with Gasteiger partial charge in [-0.15, -0.1) is 0 Å². The third-order valence-electron chi connectivity index (χ3n) is 3.99. The van der Waals surface area contributed by atoms with Crippen molar-refractivity contribution in [1.29, 1.82) is 0 Å². The van der Waals surface area contributed by atoms with E-state index in [1.807, 2.05) is 62.4 Å². The van der Waals surface area contributed by atoms with Crippen LogP contribution < -0.4 is 10.9 Å². The van der Waals surface area contributed by atoms with Gasteiger partial charge in [-0.25, -0.2) is 10.9 Å². The van der Waals surface area contributed by atoms with Crippen molar-refractivity contribution in [1.82, 2.24) is 10.9 Å². The van der Waals surface area contributed by atoms with Crippen LogP contribution in [0.2, 0.25) is 0 Å². The third kappa shape index (κ3) is 8.29. The van der Waals surface area contributed by atoms with Crippen LogP contribution in [-0.2, 0) is 9.59 Å². The maximum atomic E-state index is 11.9. The smallest absolute Gasteiger partial charge is 0.240 e. The summed E-state index contributed by atoms with van der Waals surface area (Å²) < 4.78 is 1.89. The number of benzene rings is 2. The van der Waals surface area contributed by atoms with E-state index in [-0.39, 0.29) is 24.7 Å². The van der Waals surface area contributed by atoms with Crippen LogP contribution in [-0.4, -0.2) is 23.2 Å². The van der Waals surface area contributed by atoms with E-state index >= 15 is 0 Å². The SMILES string of the molecule is C/C(=N\NC(=O)CCCC(=O)N/N=C(\C)c1cccc(Br)c1)c1cccc(Br)c1. The van der Waals surface area contributed by atoms with Crippen molar-refractivity contribution >= 4 is 55.1 Å². The molecule has 2 aromatic carbocycles. The third-order valence-corrected chi connectivity index (χ3v) is 4.98. The van der Waals surface area contributed by atoms with Gasteiger partial charge in [0.2, 0.25) is 11.8 Å². The van der Waals surface area contributed by atoms with Crippen molar-refractivity contribution in [3.63, 3.8) is 0 Å². The fourth-order valence-electron chi connectivity index (χ4n) is 2.37. The summed E-state index contributed by atoms with van der Waals surface area (Å²) in [5.74, 6) is -0.470. The van der Waals surface area contributed by atoms with Gasteiger partial charge in [0.05, 0.1) is 11.4 Å². The normalized spacial score (nSPS) is 11.9. The molecule has 8 heteroatoms. The van der Waals surface area contributed by atoms with Crippen LogP contribution >= 0.6 is 31.9 Å². The first-order valence-electron chi connectivity index (χ1n) is 9.03. The summed E-state index contributed by atoms with van der Waals surface area (Å²) in [6, 6.07) is 15.3. The largest absolute Gasteiger partial charge is 0.273 e. The quantitative estimate of drug-likeness (QED) is 0.387. The Morgan fingerprint density at radius 2 is 1.21 bits per heavy atom. The zero-order valence-corrected chi connectivity index (χ0v) is 19.4. The van der Waals surface area contributed by atoms with Gasteiger partial charge in [-0.2, -0.15) is 10.2 Å². The first-order valence-corrected chi connectivity index (χ1v) is 10.6. The Kier molecular flexibility index (Phi) is 9.21. The van der Waals surface area contributed by atoms with Gasteiger partial charge in [0, 0.05) is 21.8 Å². The molecule has 0 saturated carbocycles. The second kappa shape index (κ2) is 11.6. The van der Waals surface area contributed by atoms with Gasteiger partial charge in [-0.3, -0.25) is 9.59 Å². The molecule has 152 valence electrons. The molecule has 0 fully saturated rings. The highest BCUT2D eigenvalue weighted by atomic mass is 79.9. The predicted octanol–water partition coefficient (Wildman–Crippen LogP) is 4.76. The van der Waals surface area contributed by atoms with Crippen LogP contribution in [0.3, 0.4) is 0 Å². The molecule has 6 nitrogen and oxygen atoms in total. The lowest BCUT2D eigenvalue weighted by Gasteiger charge is -2.05. The molecule has 29 heavy (non-hydrogen) atoms. The number of hydrogen-bond donors (Lipinski definition) is 2. The number of nitrogens with one attached hydrogen (secondary N) is 2. The Hall–Kier alpha value is -2.32. The van der Waals surface area contributed by atoms with E-state index in [1.54, 1.807) is 0 Å². The number of carbonyl (C=O) groups excluding carboxylic acids is 2. The van der Waals surface area contributed by atoms with Gasteiger partial charge < -0.3 is 0 Å². The van der Waals surface area contributed by atoms with Crippen molar-refractivity contribution in [3.8, 4) is 0 Å². The molecule has 2 amide bonds. The monoisotopic (exact) mass is 520 g/mol. The molecule has 2 N–H and O–H groups in total. The molecule has 0 aliphatic heterocycles. The average molecular weight is 522 g/mol. The molecule has 0 bridgehead atoms. The zero-order valence-electron chi connectivity index (χ0n) is 16.2. The van der Waals surface area contributed by atoms with E-state index in [0.717, 1.165) is 20.1 Å². The topological polar surface area (TPSA) is 82.9 Å². The highest BCUT2D eigenvalue weighted by Crippen LogP contribution is 2.13. The van der Waals surface area contributed by atoms with Gasteiger partial charge in [0.15, 0.2) is 0 Å². The molecule has 0 aromatic heterocycles. The van der Waals surface area contributed by atoms with Gasteiger partial charge in [0.25, 0.3) is 0 Å². The molecule has 2 rings (SSSR count). The molecule has 0 unspecified atom stereocenters. The van der Waals surface area contributed by atoms with Crippen LogP contribution in [0.15, 0.2) is 67.7 Å². The predicted molar refractivity (Wildman–Crippen MR) is 123 cm³/mol. The summed E-state index contributed by atoms with van der Waals surface area (Å²) in [7, 11) is 0. The lowest BCUT2D eigenvalue weighted by Crippen LogP contribution is -2.21. The molecule has 0 atom stereocenters. The summed E-state index contributed by atoms with van der Waals surface area (Å²) >= 11 is 6.81. The Bertz CT molecular complexity index is 866. The van der Waals surface area contributed by atoms with E-state index in [0.29, 0.717) is 17.8 Å². The number of nitrogens with zero attached hydrogens (tertiary/aromatic N) is 2. The molecule has 2 aromatic rings. The second-order valence-corrected chi connectivity index (χ2v) is 8.17. The number of hydrazone groups is 2. The molecule has 0 spiro atoms. The van der Waals surface area contributed by atoms with Gasteiger partial charge in [-0.05, 0) is 55.7 Å². The second-order valence-electron chi connectivity index (χ2n) is 6.34. The average Bonchev–Trinajstić information content (AvgIpc) is 2.70. The molecule has 0 aliphatic carbocycles. The minimum atomic E-state index is -0.235. The minimum absolute atomic E-state index is 0.205. The number of amides is 2. The van der Waals surface area contributed by atoms with E-state index < -0.39 is 0 Å². The van der Waals surface area contributed by atoms with Crippen molar-refractivity contribution in [3.05, 3.63) is 68.6 Å². The lowest BCUT2D eigenvalue weighted by atomic mass is 10.1. The molecule has 0 saturated heterocycles. The van der Waals surface area contributed by atoms with Crippen molar-refractivity contribution in [2.75, 3.05) is 0 Å². The highest BCUT2D eigenvalue weighted by molar-refractivity contribution is 9.10. The molecule has 0 aliphatic rings. The van der Waals surface area contributed by atoms with Crippen LogP contribution in [0.4, 0.5) is 0 Å². The number of rotatable bonds is 8. The lowest BCUT2D eigenvalue weighted by molar-refractivity contribution is -0.122. The standard InChI is InChI=1S/C21H22Br2N4O2/c1-14(16-6-3-8-18(22)12-16)24-26-20(28)10-5-11-21(29)27-25-15(2)17-7-4-9-19(23)13-17/h3-4,6-9,12-13H,5,10-11H2,1-2H3,(H,26,28)(H,27,29)/b24-14+,25-15+. The summed E-state index contributed by atoms with van der Waals surface area (Å²) in [4.78, 5) is 23.8. The number of carbonyl (C=O) groups is 2. The van der Waals surface area contributed by atoms with Crippen LogP contribution in [0.5, 0.6) is 0 Å². The zero-order chi connectivity index (χ0) is 21.2. The van der Waals surface area contributed by atoms with Crippen molar-refractivity contribution < 1.29 is 9.59 Å². The minimum Gasteiger partial charge on any atom is -0.273 e. The highest BCUT2D eigenvalue weighted by Gasteiger charge is 2.06.